The van der Waals surface area contributed by atoms with Crippen molar-refractivity contribution < 1.29 is 15.0 Å². The smallest absolute Gasteiger partial charge is 0.280 e. The van der Waals surface area contributed by atoms with Crippen molar-refractivity contribution in [3.05, 3.63) is 74.8 Å². The number of rotatable bonds is 0. The zero-order valence-corrected chi connectivity index (χ0v) is 14.0. The van der Waals surface area contributed by atoms with Crippen molar-refractivity contribution in [1.82, 2.24) is 9.66 Å². The topological polar surface area (TPSA) is 104 Å². The van der Waals surface area contributed by atoms with Crippen molar-refractivity contribution in [1.29, 1.82) is 0 Å². The molecule has 3 N–H and O–H groups in total. The normalized spacial score (nSPS) is 26.2. The summed E-state index contributed by atoms with van der Waals surface area (Å²) in [6.45, 7) is 0. The quantitative estimate of drug-likeness (QED) is 0.544. The van der Waals surface area contributed by atoms with E-state index in [0.29, 0.717) is 16.1 Å². The van der Waals surface area contributed by atoms with Crippen LogP contribution in [0, 0.1) is 0 Å². The van der Waals surface area contributed by atoms with Crippen LogP contribution in [0.3, 0.4) is 0 Å². The largest absolute Gasteiger partial charge is 0.379 e. The van der Waals surface area contributed by atoms with Gasteiger partial charge >= 0.3 is 0 Å². The van der Waals surface area contributed by atoms with Gasteiger partial charge in [0, 0.05) is 22.6 Å². The minimum absolute atomic E-state index is 0.201. The summed E-state index contributed by atoms with van der Waals surface area (Å²) in [4.78, 5) is 30.0. The lowest BCUT2D eigenvalue weighted by Crippen LogP contribution is -2.66. The maximum atomic E-state index is 12.8. The van der Waals surface area contributed by atoms with Crippen LogP contribution in [0.4, 0.5) is 0 Å². The van der Waals surface area contributed by atoms with E-state index < -0.39 is 22.7 Å². The number of benzene rings is 2. The Kier molecular flexibility index (Phi) is 2.80. The monoisotopic (exact) mass is 369 g/mol. The maximum Gasteiger partial charge on any atom is 0.280 e. The zero-order valence-electron chi connectivity index (χ0n) is 13.2. The second kappa shape index (κ2) is 4.70. The third kappa shape index (κ3) is 1.67. The van der Waals surface area contributed by atoms with Crippen molar-refractivity contribution in [2.75, 3.05) is 5.43 Å². The third-order valence-corrected chi connectivity index (χ3v) is 5.37. The number of nitrogens with one attached hydrogen (secondary N) is 1. The van der Waals surface area contributed by atoms with E-state index in [1.165, 1.54) is 12.1 Å². The summed E-state index contributed by atoms with van der Waals surface area (Å²) in [5.41, 5.74) is -1.37. The number of hydrogen-bond acceptors (Lipinski definition) is 6. The summed E-state index contributed by atoms with van der Waals surface area (Å²) in [6, 6.07) is 11.1. The molecule has 8 heteroatoms. The molecule has 1 aromatic heterocycles. The molecular formula is C18H12ClN3O4. The number of fused-ring (bicyclic) bond motifs is 5. The number of halogens is 1. The van der Waals surface area contributed by atoms with Gasteiger partial charge in [-0.25, -0.2) is 9.66 Å². The molecule has 2 unspecified atom stereocenters. The highest BCUT2D eigenvalue weighted by Gasteiger charge is 2.65. The van der Waals surface area contributed by atoms with Crippen molar-refractivity contribution in [2.24, 2.45) is 0 Å². The number of aromatic nitrogens is 2. The first-order chi connectivity index (χ1) is 12.3. The van der Waals surface area contributed by atoms with Gasteiger partial charge in [0.25, 0.3) is 5.56 Å². The van der Waals surface area contributed by atoms with E-state index in [1.54, 1.807) is 30.3 Å². The molecule has 2 aromatic carbocycles. The Balaban J connectivity index is 1.81. The summed E-state index contributed by atoms with van der Waals surface area (Å²) in [7, 11) is 0. The lowest BCUT2D eigenvalue weighted by molar-refractivity contribution is -0.123. The molecule has 0 amide bonds. The number of nitrogens with zero attached hydrogens (tertiary/aromatic N) is 2. The standard InChI is InChI=1S/C18H12ClN3O4/c19-9-5-6-13-11(7-9)16(24)22-14(20-13)8-17(25)12-4-2-1-3-10(12)15(23)18(17,26)21-22/h1-7,21,25-26H,8H2. The molecule has 2 aliphatic rings. The molecule has 0 radical (unpaired) electrons. The van der Waals surface area contributed by atoms with Gasteiger partial charge in [0.15, 0.2) is 5.60 Å². The number of carbonyl (C=O) groups is 1. The fourth-order valence-corrected chi connectivity index (χ4v) is 3.99. The van der Waals surface area contributed by atoms with E-state index >= 15 is 0 Å². The first-order valence-corrected chi connectivity index (χ1v) is 8.31. The molecule has 1 aliphatic heterocycles. The predicted molar refractivity (Wildman–Crippen MR) is 93.7 cm³/mol. The van der Waals surface area contributed by atoms with Crippen LogP contribution < -0.4 is 11.0 Å². The molecule has 0 fully saturated rings. The number of Topliss-reactive ketones (excluding diaryl/α,β-unsaturated/α-hetero) is 1. The van der Waals surface area contributed by atoms with Crippen LogP contribution >= 0.6 is 11.6 Å². The highest BCUT2D eigenvalue weighted by Crippen LogP contribution is 2.47. The van der Waals surface area contributed by atoms with E-state index in [-0.39, 0.29) is 23.2 Å². The van der Waals surface area contributed by atoms with E-state index in [1.807, 2.05) is 0 Å². The van der Waals surface area contributed by atoms with E-state index in [9.17, 15) is 19.8 Å². The van der Waals surface area contributed by atoms with Crippen LogP contribution in [-0.4, -0.2) is 31.4 Å². The van der Waals surface area contributed by atoms with Crippen LogP contribution in [0.1, 0.15) is 21.7 Å². The van der Waals surface area contributed by atoms with Crippen LogP contribution in [0.15, 0.2) is 47.3 Å². The summed E-state index contributed by atoms with van der Waals surface area (Å²) >= 11 is 5.96. The summed E-state index contributed by atoms with van der Waals surface area (Å²) in [5, 5.41) is 22.9. The first kappa shape index (κ1) is 15.5. The molecule has 26 heavy (non-hydrogen) atoms. The lowest BCUT2D eigenvalue weighted by atomic mass is 9.84. The minimum Gasteiger partial charge on any atom is -0.379 e. The summed E-state index contributed by atoms with van der Waals surface area (Å²) in [5.74, 6) is -0.485. The van der Waals surface area contributed by atoms with Gasteiger partial charge in [-0.15, -0.1) is 0 Å². The van der Waals surface area contributed by atoms with Gasteiger partial charge in [0.2, 0.25) is 11.5 Å². The number of carbonyl (C=O) groups excluding carboxylic acids is 1. The Morgan fingerprint density at radius 3 is 2.73 bits per heavy atom. The second-order valence-corrected chi connectivity index (χ2v) is 7.00. The van der Waals surface area contributed by atoms with Crippen molar-refractivity contribution in [3.8, 4) is 0 Å². The highest BCUT2D eigenvalue weighted by molar-refractivity contribution is 6.31. The third-order valence-electron chi connectivity index (χ3n) is 5.13. The molecule has 130 valence electrons. The number of ketones is 1. The summed E-state index contributed by atoms with van der Waals surface area (Å²) in [6.07, 6.45) is -0.201. The highest BCUT2D eigenvalue weighted by atomic mass is 35.5. The Morgan fingerprint density at radius 1 is 1.15 bits per heavy atom. The van der Waals surface area contributed by atoms with E-state index in [2.05, 4.69) is 10.4 Å². The van der Waals surface area contributed by atoms with Gasteiger partial charge in [0.1, 0.15) is 5.82 Å². The summed E-state index contributed by atoms with van der Waals surface area (Å²) < 4.78 is 1.01. The zero-order chi connectivity index (χ0) is 18.3. The molecule has 2 heterocycles. The van der Waals surface area contributed by atoms with E-state index in [0.717, 1.165) is 4.68 Å². The van der Waals surface area contributed by atoms with Crippen LogP contribution in [0.2, 0.25) is 5.02 Å². The molecular weight excluding hydrogens is 358 g/mol. The average molecular weight is 370 g/mol. The molecule has 3 aromatic rings. The minimum atomic E-state index is -2.36. The molecule has 0 bridgehead atoms. The number of aliphatic hydroxyl groups is 2. The second-order valence-electron chi connectivity index (χ2n) is 6.56. The van der Waals surface area contributed by atoms with Crippen LogP contribution in [0.5, 0.6) is 0 Å². The van der Waals surface area contributed by atoms with Gasteiger partial charge in [-0.3, -0.25) is 15.0 Å². The van der Waals surface area contributed by atoms with Gasteiger partial charge in [-0.05, 0) is 18.2 Å². The Bertz CT molecular complexity index is 1190. The molecule has 5 rings (SSSR count). The Hall–Kier alpha value is -2.74. The van der Waals surface area contributed by atoms with E-state index in [4.69, 9.17) is 11.6 Å². The van der Waals surface area contributed by atoms with Crippen molar-refractivity contribution in [3.63, 3.8) is 0 Å². The lowest BCUT2D eigenvalue weighted by Gasteiger charge is -2.42. The Morgan fingerprint density at radius 2 is 1.92 bits per heavy atom. The average Bonchev–Trinajstić information content (AvgIpc) is 2.80. The van der Waals surface area contributed by atoms with Crippen LogP contribution in [-0.2, 0) is 12.0 Å². The van der Waals surface area contributed by atoms with Gasteiger partial charge in [0.05, 0.1) is 10.9 Å². The first-order valence-electron chi connectivity index (χ1n) is 7.93. The van der Waals surface area contributed by atoms with Gasteiger partial charge in [-0.1, -0.05) is 35.9 Å². The molecule has 0 saturated heterocycles. The van der Waals surface area contributed by atoms with Gasteiger partial charge < -0.3 is 10.2 Å². The van der Waals surface area contributed by atoms with Gasteiger partial charge in [-0.2, -0.15) is 0 Å². The van der Waals surface area contributed by atoms with Crippen LogP contribution in [0.25, 0.3) is 10.9 Å². The molecule has 7 nitrogen and oxygen atoms in total. The SMILES string of the molecule is O=C1c2ccccc2C2(O)Cc3nc4ccc(Cl)cc4c(=O)n3NC12O. The van der Waals surface area contributed by atoms with Crippen molar-refractivity contribution in [2.45, 2.75) is 17.7 Å². The fourth-order valence-electron chi connectivity index (χ4n) is 3.81. The number of hydrogen-bond donors (Lipinski definition) is 3. The predicted octanol–water partition coefficient (Wildman–Crippen LogP) is 0.922. The molecule has 2 atom stereocenters. The fraction of sp³-hybridized carbons (Fsp3) is 0.167. The maximum absolute atomic E-state index is 12.8. The molecule has 0 spiro atoms. The molecule has 0 saturated carbocycles. The molecule has 1 aliphatic carbocycles. The Labute approximate surface area is 151 Å². The van der Waals surface area contributed by atoms with Crippen molar-refractivity contribution >= 4 is 28.3 Å².